The van der Waals surface area contributed by atoms with E-state index in [1.54, 1.807) is 0 Å². The second kappa shape index (κ2) is 7.52. The highest BCUT2D eigenvalue weighted by atomic mass is 16.4. The lowest BCUT2D eigenvalue weighted by molar-refractivity contribution is 0.182. The Bertz CT molecular complexity index is 1190. The first kappa shape index (κ1) is 19.1. The third-order valence-corrected chi connectivity index (χ3v) is 7.19. The predicted molar refractivity (Wildman–Crippen MR) is 125 cm³/mol. The number of nitrogens with zero attached hydrogens (tertiary/aromatic N) is 3. The Morgan fingerprint density at radius 2 is 2.06 bits per heavy atom. The van der Waals surface area contributed by atoms with Gasteiger partial charge in [-0.25, -0.2) is 4.98 Å². The van der Waals surface area contributed by atoms with Crippen molar-refractivity contribution in [1.29, 1.82) is 0 Å². The zero-order valence-electron chi connectivity index (χ0n) is 18.6. The Morgan fingerprint density at radius 1 is 1.19 bits per heavy atom. The topological polar surface area (TPSA) is 34.2 Å². The average Bonchev–Trinajstić information content (AvgIpc) is 3.49. The summed E-state index contributed by atoms with van der Waals surface area (Å²) in [7, 11) is 0. The first-order valence-corrected chi connectivity index (χ1v) is 12.0. The van der Waals surface area contributed by atoms with E-state index in [4.69, 9.17) is 9.40 Å². The van der Waals surface area contributed by atoms with Crippen LogP contribution in [0.5, 0.6) is 0 Å². The van der Waals surface area contributed by atoms with E-state index in [1.807, 2.05) is 0 Å². The summed E-state index contributed by atoms with van der Waals surface area (Å²) in [6.07, 6.45) is 13.8. The number of aromatic nitrogens is 2. The molecule has 4 heteroatoms. The zero-order valence-corrected chi connectivity index (χ0v) is 18.6. The van der Waals surface area contributed by atoms with E-state index in [-0.39, 0.29) is 0 Å². The molecule has 2 aliphatic heterocycles. The number of oxazole rings is 1. The van der Waals surface area contributed by atoms with Gasteiger partial charge >= 0.3 is 0 Å². The van der Waals surface area contributed by atoms with E-state index in [0.29, 0.717) is 12.0 Å². The van der Waals surface area contributed by atoms with Gasteiger partial charge in [0, 0.05) is 30.1 Å². The Hall–Kier alpha value is -2.59. The molecule has 0 spiro atoms. The van der Waals surface area contributed by atoms with Gasteiger partial charge in [-0.1, -0.05) is 43.4 Å². The fourth-order valence-corrected chi connectivity index (χ4v) is 5.58. The first-order valence-electron chi connectivity index (χ1n) is 12.0. The van der Waals surface area contributed by atoms with Crippen LogP contribution in [0.2, 0.25) is 0 Å². The molecule has 6 rings (SSSR count). The molecular formula is C27H31N3O. The second-order valence-electron chi connectivity index (χ2n) is 9.25. The van der Waals surface area contributed by atoms with Gasteiger partial charge in [-0.15, -0.1) is 0 Å². The Morgan fingerprint density at radius 3 is 2.90 bits per heavy atom. The Balaban J connectivity index is 1.44. The molecule has 4 heterocycles. The fourth-order valence-electron chi connectivity index (χ4n) is 5.58. The van der Waals surface area contributed by atoms with Crippen LogP contribution in [-0.4, -0.2) is 27.5 Å². The van der Waals surface area contributed by atoms with Crippen LogP contribution in [0.3, 0.4) is 0 Å². The van der Waals surface area contributed by atoms with Gasteiger partial charge in [0.2, 0.25) is 5.89 Å². The highest BCUT2D eigenvalue weighted by Crippen LogP contribution is 2.46. The van der Waals surface area contributed by atoms with Gasteiger partial charge in [-0.3, -0.25) is 4.90 Å². The Labute approximate surface area is 184 Å². The van der Waals surface area contributed by atoms with Crippen LogP contribution in [-0.2, 0) is 6.42 Å². The van der Waals surface area contributed by atoms with E-state index in [2.05, 4.69) is 65.8 Å². The number of allylic oxidation sites excluding steroid dienone is 1. The van der Waals surface area contributed by atoms with Crippen molar-refractivity contribution in [3.63, 3.8) is 0 Å². The molecule has 0 bridgehead atoms. The van der Waals surface area contributed by atoms with E-state index in [1.165, 1.54) is 35.0 Å². The third-order valence-electron chi connectivity index (χ3n) is 7.19. The lowest BCUT2D eigenvalue weighted by atomic mass is 9.93. The molecule has 3 aromatic rings. The third kappa shape index (κ3) is 3.11. The standard InChI is InChI=1S/C27H31N3O/c1-3-4-5-8-16-29-17-15-21-20-9-6-7-10-22(20)30-24(14-13-23(29)25(21)30)27-28-18(2)26(31-27)19-11-12-19/h4-7,9-10,14,19,23H,3,8,11-13,15-17H2,1-2H3/b5-4+/t23-/m0/s1. The summed E-state index contributed by atoms with van der Waals surface area (Å²) in [5.74, 6) is 2.48. The zero-order chi connectivity index (χ0) is 20.9. The number of rotatable bonds is 6. The molecule has 0 radical (unpaired) electrons. The van der Waals surface area contributed by atoms with Crippen molar-refractivity contribution in [1.82, 2.24) is 14.5 Å². The van der Waals surface area contributed by atoms with Gasteiger partial charge in [0.1, 0.15) is 11.5 Å². The molecule has 0 saturated heterocycles. The molecule has 1 aromatic carbocycles. The largest absolute Gasteiger partial charge is 0.439 e. The number of benzene rings is 1. The maximum Gasteiger partial charge on any atom is 0.243 e. The predicted octanol–water partition coefficient (Wildman–Crippen LogP) is 6.36. The molecule has 1 fully saturated rings. The summed E-state index contributed by atoms with van der Waals surface area (Å²) in [4.78, 5) is 7.57. The maximum atomic E-state index is 6.38. The number of para-hydroxylation sites is 1. The van der Waals surface area contributed by atoms with Crippen molar-refractivity contribution < 1.29 is 4.42 Å². The molecule has 0 amide bonds. The molecule has 1 aliphatic carbocycles. The van der Waals surface area contributed by atoms with Gasteiger partial charge in [-0.2, -0.15) is 0 Å². The molecule has 1 saturated carbocycles. The molecule has 160 valence electrons. The van der Waals surface area contributed by atoms with Crippen LogP contribution in [0, 0.1) is 6.92 Å². The van der Waals surface area contributed by atoms with E-state index in [9.17, 15) is 0 Å². The van der Waals surface area contributed by atoms with Crippen molar-refractivity contribution in [3.8, 4) is 0 Å². The molecule has 0 unspecified atom stereocenters. The molecular weight excluding hydrogens is 382 g/mol. The quantitative estimate of drug-likeness (QED) is 0.441. The van der Waals surface area contributed by atoms with Crippen molar-refractivity contribution in [2.75, 3.05) is 13.1 Å². The van der Waals surface area contributed by atoms with Crippen molar-refractivity contribution in [2.45, 2.75) is 64.3 Å². The Kier molecular flexibility index (Phi) is 4.64. The van der Waals surface area contributed by atoms with Gasteiger partial charge in [-0.05, 0) is 57.1 Å². The van der Waals surface area contributed by atoms with Crippen LogP contribution in [0.15, 0.2) is 46.9 Å². The van der Waals surface area contributed by atoms with E-state index in [0.717, 1.165) is 61.8 Å². The summed E-state index contributed by atoms with van der Waals surface area (Å²) in [5.41, 5.74) is 6.48. The van der Waals surface area contributed by atoms with Gasteiger partial charge in [0.25, 0.3) is 0 Å². The lowest BCUT2D eigenvalue weighted by Crippen LogP contribution is -2.38. The average molecular weight is 414 g/mol. The number of aryl methyl sites for hydroxylation is 1. The highest BCUT2D eigenvalue weighted by Gasteiger charge is 2.37. The molecule has 4 nitrogen and oxygen atoms in total. The summed E-state index contributed by atoms with van der Waals surface area (Å²) >= 11 is 0. The number of hydrogen-bond acceptors (Lipinski definition) is 3. The van der Waals surface area contributed by atoms with Crippen LogP contribution >= 0.6 is 0 Å². The van der Waals surface area contributed by atoms with E-state index < -0.39 is 0 Å². The monoisotopic (exact) mass is 413 g/mol. The van der Waals surface area contributed by atoms with Gasteiger partial charge < -0.3 is 8.98 Å². The molecule has 0 N–H and O–H groups in total. The van der Waals surface area contributed by atoms with Crippen LogP contribution < -0.4 is 0 Å². The SMILES string of the molecule is CC/C=C/CCN1CCc2c3n(c4ccccc24)C(c2nc(C)c(C4CC4)o2)=CC[C@@H]31. The summed E-state index contributed by atoms with van der Waals surface area (Å²) in [6.45, 7) is 6.56. The first-order chi connectivity index (χ1) is 15.3. The minimum atomic E-state index is 0.439. The summed E-state index contributed by atoms with van der Waals surface area (Å²) in [6, 6.07) is 9.32. The van der Waals surface area contributed by atoms with Crippen molar-refractivity contribution >= 4 is 16.6 Å². The molecule has 31 heavy (non-hydrogen) atoms. The smallest absolute Gasteiger partial charge is 0.243 e. The van der Waals surface area contributed by atoms with Crippen LogP contribution in [0.1, 0.15) is 79.6 Å². The van der Waals surface area contributed by atoms with E-state index >= 15 is 0 Å². The second-order valence-corrected chi connectivity index (χ2v) is 9.25. The fraction of sp³-hybridized carbons (Fsp3) is 0.444. The van der Waals surface area contributed by atoms with Gasteiger partial charge in [0.15, 0.2) is 0 Å². The lowest BCUT2D eigenvalue weighted by Gasteiger charge is -2.38. The molecule has 2 aromatic heterocycles. The molecule has 3 aliphatic rings. The summed E-state index contributed by atoms with van der Waals surface area (Å²) < 4.78 is 8.84. The number of hydrogen-bond donors (Lipinski definition) is 0. The van der Waals surface area contributed by atoms with Crippen molar-refractivity contribution in [3.05, 3.63) is 71.1 Å². The van der Waals surface area contributed by atoms with Gasteiger partial charge in [0.05, 0.1) is 17.3 Å². The normalized spacial score (nSPS) is 21.1. The molecule has 1 atom stereocenters. The number of fused-ring (bicyclic) bond motifs is 3. The van der Waals surface area contributed by atoms with Crippen LogP contribution in [0.25, 0.3) is 16.6 Å². The highest BCUT2D eigenvalue weighted by molar-refractivity contribution is 5.91. The minimum Gasteiger partial charge on any atom is -0.439 e. The summed E-state index contributed by atoms with van der Waals surface area (Å²) in [5, 5.41) is 1.39. The van der Waals surface area contributed by atoms with Crippen LogP contribution in [0.4, 0.5) is 0 Å². The minimum absolute atomic E-state index is 0.439. The van der Waals surface area contributed by atoms with Crippen molar-refractivity contribution in [2.24, 2.45) is 0 Å². The maximum absolute atomic E-state index is 6.38.